The fraction of sp³-hybridized carbons (Fsp3) is 0.533. The molecule has 1 N–H and O–H groups in total. The quantitative estimate of drug-likeness (QED) is 0.869. The molecule has 1 heterocycles. The summed E-state index contributed by atoms with van der Waals surface area (Å²) in [5.74, 6) is 0.629. The van der Waals surface area contributed by atoms with Crippen molar-refractivity contribution < 1.29 is 4.79 Å². The molecule has 1 aromatic rings. The molecule has 3 heteroatoms. The maximum atomic E-state index is 12.4. The molecule has 0 radical (unpaired) electrons. The minimum absolute atomic E-state index is 0.230. The Labute approximate surface area is 109 Å². The first-order chi connectivity index (χ1) is 8.58. The van der Waals surface area contributed by atoms with Crippen LogP contribution in [0.4, 0.5) is 5.69 Å². The number of nitrogens with one attached hydrogen (secondary N) is 1. The molecule has 1 aliphatic rings. The maximum absolute atomic E-state index is 12.4. The summed E-state index contributed by atoms with van der Waals surface area (Å²) in [6.45, 7) is 7.89. The van der Waals surface area contributed by atoms with Gasteiger partial charge >= 0.3 is 0 Å². The van der Waals surface area contributed by atoms with Crippen LogP contribution < -0.4 is 10.2 Å². The Morgan fingerprint density at radius 3 is 2.89 bits per heavy atom. The molecule has 0 fully saturated rings. The van der Waals surface area contributed by atoms with Gasteiger partial charge in [0.25, 0.3) is 0 Å². The highest BCUT2D eigenvalue weighted by atomic mass is 16.2. The number of carbonyl (C=O) groups excluding carboxylic acids is 1. The summed E-state index contributed by atoms with van der Waals surface area (Å²) in [6.07, 6.45) is 0.612. The molecule has 0 spiro atoms. The summed E-state index contributed by atoms with van der Waals surface area (Å²) in [6, 6.07) is 8.50. The molecular formula is C15H22N2O. The fourth-order valence-electron chi connectivity index (χ4n) is 2.34. The van der Waals surface area contributed by atoms with E-state index in [0.717, 1.165) is 18.8 Å². The van der Waals surface area contributed by atoms with Crippen molar-refractivity contribution in [2.75, 3.05) is 11.4 Å². The van der Waals surface area contributed by atoms with Gasteiger partial charge in [-0.05, 0) is 24.5 Å². The molecule has 1 aromatic carbocycles. The van der Waals surface area contributed by atoms with E-state index < -0.39 is 0 Å². The van der Waals surface area contributed by atoms with Gasteiger partial charge in [0.2, 0.25) is 5.91 Å². The standard InChI is InChI=1S/C15H22N2O/c1-11(2)8-15(18)17-10-12(3)16-9-13-6-4-5-7-14(13)17/h4-7,11-12,16H,8-10H2,1-3H3. The van der Waals surface area contributed by atoms with Crippen molar-refractivity contribution in [1.29, 1.82) is 0 Å². The number of amides is 1. The van der Waals surface area contributed by atoms with Gasteiger partial charge in [-0.25, -0.2) is 0 Å². The zero-order valence-corrected chi connectivity index (χ0v) is 11.4. The minimum Gasteiger partial charge on any atom is -0.311 e. The van der Waals surface area contributed by atoms with Crippen LogP contribution in [0.5, 0.6) is 0 Å². The molecule has 3 nitrogen and oxygen atoms in total. The first kappa shape index (κ1) is 13.1. The normalized spacial score (nSPS) is 19.6. The zero-order valence-electron chi connectivity index (χ0n) is 11.4. The number of hydrogen-bond donors (Lipinski definition) is 1. The largest absolute Gasteiger partial charge is 0.311 e. The second kappa shape index (κ2) is 5.53. The van der Waals surface area contributed by atoms with Gasteiger partial charge in [-0.15, -0.1) is 0 Å². The average Bonchev–Trinajstić information content (AvgIpc) is 2.49. The van der Waals surface area contributed by atoms with Crippen molar-refractivity contribution in [3.8, 4) is 0 Å². The Kier molecular flexibility index (Phi) is 4.02. The number of benzene rings is 1. The van der Waals surface area contributed by atoms with E-state index in [-0.39, 0.29) is 5.91 Å². The van der Waals surface area contributed by atoms with Crippen LogP contribution >= 0.6 is 0 Å². The van der Waals surface area contributed by atoms with Crippen LogP contribution in [-0.4, -0.2) is 18.5 Å². The van der Waals surface area contributed by atoms with Crippen molar-refractivity contribution in [1.82, 2.24) is 5.32 Å². The molecular weight excluding hydrogens is 224 g/mol. The highest BCUT2D eigenvalue weighted by Crippen LogP contribution is 2.24. The number of anilines is 1. The summed E-state index contributed by atoms with van der Waals surface area (Å²) in [5.41, 5.74) is 2.28. The number of hydrogen-bond acceptors (Lipinski definition) is 2. The first-order valence-corrected chi connectivity index (χ1v) is 6.69. The van der Waals surface area contributed by atoms with E-state index in [1.807, 2.05) is 23.1 Å². The Hall–Kier alpha value is -1.35. The van der Waals surface area contributed by atoms with Crippen LogP contribution in [0.25, 0.3) is 0 Å². The lowest BCUT2D eigenvalue weighted by atomic mass is 10.1. The van der Waals surface area contributed by atoms with E-state index in [9.17, 15) is 4.79 Å². The lowest BCUT2D eigenvalue weighted by molar-refractivity contribution is -0.119. The molecule has 18 heavy (non-hydrogen) atoms. The van der Waals surface area contributed by atoms with Crippen LogP contribution in [0.2, 0.25) is 0 Å². The third-order valence-electron chi connectivity index (χ3n) is 3.26. The fourth-order valence-corrected chi connectivity index (χ4v) is 2.34. The highest BCUT2D eigenvalue weighted by molar-refractivity contribution is 5.94. The summed E-state index contributed by atoms with van der Waals surface area (Å²) in [4.78, 5) is 14.3. The molecule has 1 unspecified atom stereocenters. The number of rotatable bonds is 2. The van der Waals surface area contributed by atoms with E-state index in [4.69, 9.17) is 0 Å². The van der Waals surface area contributed by atoms with Gasteiger partial charge < -0.3 is 10.2 Å². The van der Waals surface area contributed by atoms with E-state index in [2.05, 4.69) is 32.2 Å². The zero-order chi connectivity index (χ0) is 13.1. The Morgan fingerprint density at radius 1 is 1.44 bits per heavy atom. The molecule has 0 aliphatic carbocycles. The SMILES string of the molecule is CC(C)CC(=O)N1CC(C)NCc2ccccc21. The average molecular weight is 246 g/mol. The second-order valence-corrected chi connectivity index (χ2v) is 5.51. The molecule has 98 valence electrons. The molecule has 1 amide bonds. The smallest absolute Gasteiger partial charge is 0.227 e. The van der Waals surface area contributed by atoms with Gasteiger partial charge in [0.15, 0.2) is 0 Å². The molecule has 0 bridgehead atoms. The van der Waals surface area contributed by atoms with Crippen molar-refractivity contribution in [3.63, 3.8) is 0 Å². The molecule has 2 rings (SSSR count). The third kappa shape index (κ3) is 2.91. The molecule has 1 aliphatic heterocycles. The van der Waals surface area contributed by atoms with Gasteiger partial charge in [0, 0.05) is 31.2 Å². The van der Waals surface area contributed by atoms with Crippen LogP contribution in [0.15, 0.2) is 24.3 Å². The number of carbonyl (C=O) groups is 1. The highest BCUT2D eigenvalue weighted by Gasteiger charge is 2.23. The first-order valence-electron chi connectivity index (χ1n) is 6.69. The summed E-state index contributed by atoms with van der Waals surface area (Å²) >= 11 is 0. The Balaban J connectivity index is 2.29. The van der Waals surface area contributed by atoms with Crippen molar-refractivity contribution in [2.24, 2.45) is 5.92 Å². The molecule has 0 aromatic heterocycles. The molecule has 0 saturated carbocycles. The van der Waals surface area contributed by atoms with Gasteiger partial charge in [-0.2, -0.15) is 0 Å². The molecule has 1 atom stereocenters. The molecule has 0 saturated heterocycles. The van der Waals surface area contributed by atoms with Crippen LogP contribution in [0.1, 0.15) is 32.8 Å². The summed E-state index contributed by atoms with van der Waals surface area (Å²) < 4.78 is 0. The summed E-state index contributed by atoms with van der Waals surface area (Å²) in [7, 11) is 0. The Morgan fingerprint density at radius 2 is 2.17 bits per heavy atom. The number of fused-ring (bicyclic) bond motifs is 1. The maximum Gasteiger partial charge on any atom is 0.227 e. The van der Waals surface area contributed by atoms with E-state index in [0.29, 0.717) is 18.4 Å². The Bertz CT molecular complexity index is 428. The van der Waals surface area contributed by atoms with E-state index in [1.54, 1.807) is 0 Å². The predicted octanol–water partition coefficient (Wildman–Crippen LogP) is 2.56. The van der Waals surface area contributed by atoms with Gasteiger partial charge in [-0.3, -0.25) is 4.79 Å². The van der Waals surface area contributed by atoms with Crippen LogP contribution in [0.3, 0.4) is 0 Å². The lowest BCUT2D eigenvalue weighted by Gasteiger charge is -2.25. The van der Waals surface area contributed by atoms with Crippen molar-refractivity contribution >= 4 is 11.6 Å². The van der Waals surface area contributed by atoms with Crippen molar-refractivity contribution in [2.45, 2.75) is 39.8 Å². The monoisotopic (exact) mass is 246 g/mol. The number of nitrogens with zero attached hydrogens (tertiary/aromatic N) is 1. The van der Waals surface area contributed by atoms with Crippen LogP contribution in [-0.2, 0) is 11.3 Å². The predicted molar refractivity (Wildman–Crippen MR) is 74.6 cm³/mol. The topological polar surface area (TPSA) is 32.3 Å². The van der Waals surface area contributed by atoms with E-state index in [1.165, 1.54) is 5.56 Å². The minimum atomic E-state index is 0.230. The number of para-hydroxylation sites is 1. The van der Waals surface area contributed by atoms with Gasteiger partial charge in [-0.1, -0.05) is 32.0 Å². The van der Waals surface area contributed by atoms with Gasteiger partial charge in [0.05, 0.1) is 0 Å². The lowest BCUT2D eigenvalue weighted by Crippen LogP contribution is -2.40. The second-order valence-electron chi connectivity index (χ2n) is 5.51. The van der Waals surface area contributed by atoms with Crippen LogP contribution in [0, 0.1) is 5.92 Å². The third-order valence-corrected chi connectivity index (χ3v) is 3.26. The van der Waals surface area contributed by atoms with E-state index >= 15 is 0 Å². The van der Waals surface area contributed by atoms with Crippen molar-refractivity contribution in [3.05, 3.63) is 29.8 Å². The van der Waals surface area contributed by atoms with Gasteiger partial charge in [0.1, 0.15) is 0 Å². The summed E-state index contributed by atoms with van der Waals surface area (Å²) in [5, 5.41) is 3.44.